The minimum absolute atomic E-state index is 0.321. The molecule has 1 aromatic carbocycles. The van der Waals surface area contributed by atoms with E-state index in [2.05, 4.69) is 31.2 Å². The van der Waals surface area contributed by atoms with Gasteiger partial charge in [0.05, 0.1) is 0 Å². The van der Waals surface area contributed by atoms with Crippen LogP contribution in [0.15, 0.2) is 30.3 Å². The van der Waals surface area contributed by atoms with Crippen molar-refractivity contribution in [3.63, 3.8) is 0 Å². The third kappa shape index (κ3) is 2.43. The van der Waals surface area contributed by atoms with E-state index in [9.17, 15) is 4.79 Å². The summed E-state index contributed by atoms with van der Waals surface area (Å²) in [5, 5.41) is 0. The Bertz CT molecular complexity index is 347. The summed E-state index contributed by atoms with van der Waals surface area (Å²) in [6.07, 6.45) is 2.85. The van der Waals surface area contributed by atoms with Crippen LogP contribution in [0.3, 0.4) is 0 Å². The predicted molar refractivity (Wildman–Crippen MR) is 65.3 cm³/mol. The highest BCUT2D eigenvalue weighted by atomic mass is 16.2. The molecule has 16 heavy (non-hydrogen) atoms. The van der Waals surface area contributed by atoms with E-state index in [1.165, 1.54) is 5.56 Å². The van der Waals surface area contributed by atoms with Gasteiger partial charge >= 0.3 is 0 Å². The minimum Gasteiger partial charge on any atom is -0.343 e. The Morgan fingerprint density at radius 1 is 1.31 bits per heavy atom. The lowest BCUT2D eigenvalue weighted by Gasteiger charge is -2.31. The molecule has 1 fully saturated rings. The number of hydrogen-bond donors (Lipinski definition) is 0. The molecule has 2 rings (SSSR count). The highest BCUT2D eigenvalue weighted by Crippen LogP contribution is 2.28. The Balaban J connectivity index is 2.00. The first-order valence-electron chi connectivity index (χ1n) is 6.14. The summed E-state index contributed by atoms with van der Waals surface area (Å²) in [6, 6.07) is 10.4. The van der Waals surface area contributed by atoms with Gasteiger partial charge in [0.2, 0.25) is 5.91 Å². The Hall–Kier alpha value is -1.31. The summed E-state index contributed by atoms with van der Waals surface area (Å²) in [5.41, 5.74) is 1.31. The average molecular weight is 217 g/mol. The lowest BCUT2D eigenvalue weighted by Crippen LogP contribution is -2.38. The first-order chi connectivity index (χ1) is 7.81. The van der Waals surface area contributed by atoms with Crippen molar-refractivity contribution in [3.8, 4) is 0 Å². The normalized spacial score (nSPS) is 21.2. The fourth-order valence-corrected chi connectivity index (χ4v) is 2.39. The molecule has 0 aliphatic carbocycles. The van der Waals surface area contributed by atoms with Gasteiger partial charge in [0.15, 0.2) is 0 Å². The first-order valence-corrected chi connectivity index (χ1v) is 6.14. The van der Waals surface area contributed by atoms with E-state index in [0.29, 0.717) is 18.2 Å². The predicted octanol–water partition coefficient (Wildman–Crippen LogP) is 2.80. The zero-order valence-electron chi connectivity index (χ0n) is 9.86. The van der Waals surface area contributed by atoms with Crippen molar-refractivity contribution < 1.29 is 4.79 Å². The topological polar surface area (TPSA) is 20.3 Å². The van der Waals surface area contributed by atoms with Gasteiger partial charge in [-0.25, -0.2) is 0 Å². The molecule has 2 heteroatoms. The zero-order valence-corrected chi connectivity index (χ0v) is 9.86. The highest BCUT2D eigenvalue weighted by Gasteiger charge is 2.25. The number of likely N-dealkylation sites (tertiary alicyclic amines) is 1. The number of carbonyl (C=O) groups is 1. The van der Waals surface area contributed by atoms with Crippen LogP contribution in [0.5, 0.6) is 0 Å². The minimum atomic E-state index is 0.321. The second kappa shape index (κ2) is 5.15. The number of amides is 1. The maximum absolute atomic E-state index is 11.9. The fraction of sp³-hybridized carbons (Fsp3) is 0.500. The second-order valence-electron chi connectivity index (χ2n) is 4.48. The Morgan fingerprint density at radius 2 is 2.06 bits per heavy atom. The monoisotopic (exact) mass is 217 g/mol. The highest BCUT2D eigenvalue weighted by molar-refractivity contribution is 5.78. The molecule has 2 nitrogen and oxygen atoms in total. The molecule has 1 aliphatic rings. The number of rotatable bonds is 3. The molecule has 1 aliphatic heterocycles. The van der Waals surface area contributed by atoms with Gasteiger partial charge in [-0.05, 0) is 24.3 Å². The van der Waals surface area contributed by atoms with Gasteiger partial charge in [0.1, 0.15) is 0 Å². The summed E-state index contributed by atoms with van der Waals surface area (Å²) in [4.78, 5) is 13.9. The summed E-state index contributed by atoms with van der Waals surface area (Å²) < 4.78 is 0. The van der Waals surface area contributed by atoms with Crippen molar-refractivity contribution >= 4 is 5.91 Å². The maximum Gasteiger partial charge on any atom is 0.223 e. The number of carbonyl (C=O) groups excluding carboxylic acids is 1. The van der Waals surface area contributed by atoms with Crippen LogP contribution in [0.2, 0.25) is 0 Å². The molecule has 0 bridgehead atoms. The number of benzene rings is 1. The van der Waals surface area contributed by atoms with Gasteiger partial charge in [-0.3, -0.25) is 4.79 Å². The second-order valence-corrected chi connectivity index (χ2v) is 4.48. The summed E-state index contributed by atoms with van der Waals surface area (Å²) in [5.74, 6) is 0.753. The SMILES string of the molecule is CCCN1CCC(c2ccccc2)CC1=O. The Kier molecular flexibility index (Phi) is 3.60. The van der Waals surface area contributed by atoms with Crippen molar-refractivity contribution in [2.45, 2.75) is 32.1 Å². The Morgan fingerprint density at radius 3 is 2.69 bits per heavy atom. The van der Waals surface area contributed by atoms with Crippen molar-refractivity contribution in [1.29, 1.82) is 0 Å². The van der Waals surface area contributed by atoms with Crippen LogP contribution in [0.25, 0.3) is 0 Å². The van der Waals surface area contributed by atoms with Crippen LogP contribution in [-0.4, -0.2) is 23.9 Å². The van der Waals surface area contributed by atoms with Crippen molar-refractivity contribution in [1.82, 2.24) is 4.90 Å². The molecule has 0 aromatic heterocycles. The molecule has 1 amide bonds. The maximum atomic E-state index is 11.9. The molecule has 1 aromatic rings. The lowest BCUT2D eigenvalue weighted by molar-refractivity contribution is -0.133. The number of nitrogens with zero attached hydrogens (tertiary/aromatic N) is 1. The van der Waals surface area contributed by atoms with Gasteiger partial charge in [0.25, 0.3) is 0 Å². The van der Waals surface area contributed by atoms with E-state index in [-0.39, 0.29) is 0 Å². The largest absolute Gasteiger partial charge is 0.343 e. The van der Waals surface area contributed by atoms with E-state index in [4.69, 9.17) is 0 Å². The van der Waals surface area contributed by atoms with E-state index in [0.717, 1.165) is 25.9 Å². The van der Waals surface area contributed by atoms with Crippen LogP contribution in [-0.2, 0) is 4.79 Å². The van der Waals surface area contributed by atoms with Crippen molar-refractivity contribution in [3.05, 3.63) is 35.9 Å². The van der Waals surface area contributed by atoms with Crippen LogP contribution in [0.1, 0.15) is 37.7 Å². The van der Waals surface area contributed by atoms with E-state index in [1.807, 2.05) is 11.0 Å². The average Bonchev–Trinajstić information content (AvgIpc) is 2.33. The zero-order chi connectivity index (χ0) is 11.4. The third-order valence-electron chi connectivity index (χ3n) is 3.29. The summed E-state index contributed by atoms with van der Waals surface area (Å²) in [7, 11) is 0. The number of piperidine rings is 1. The summed E-state index contributed by atoms with van der Waals surface area (Å²) in [6.45, 7) is 3.96. The lowest BCUT2D eigenvalue weighted by atomic mass is 9.89. The van der Waals surface area contributed by atoms with Gasteiger partial charge in [-0.1, -0.05) is 37.3 Å². The van der Waals surface area contributed by atoms with E-state index in [1.54, 1.807) is 0 Å². The number of hydrogen-bond acceptors (Lipinski definition) is 1. The molecule has 0 radical (unpaired) electrons. The van der Waals surface area contributed by atoms with Gasteiger partial charge in [-0.15, -0.1) is 0 Å². The van der Waals surface area contributed by atoms with Crippen molar-refractivity contribution in [2.24, 2.45) is 0 Å². The molecule has 0 spiro atoms. The fourth-order valence-electron chi connectivity index (χ4n) is 2.39. The summed E-state index contributed by atoms with van der Waals surface area (Å²) >= 11 is 0. The van der Waals surface area contributed by atoms with Gasteiger partial charge in [0, 0.05) is 19.5 Å². The molecule has 1 unspecified atom stereocenters. The van der Waals surface area contributed by atoms with Crippen LogP contribution in [0.4, 0.5) is 0 Å². The first kappa shape index (κ1) is 11.2. The smallest absolute Gasteiger partial charge is 0.223 e. The van der Waals surface area contributed by atoms with Gasteiger partial charge < -0.3 is 4.90 Å². The quantitative estimate of drug-likeness (QED) is 0.762. The standard InChI is InChI=1S/C14H19NO/c1-2-9-15-10-8-13(11-14(15)16)12-6-4-3-5-7-12/h3-7,13H,2,8-11H2,1H3. The van der Waals surface area contributed by atoms with Crippen LogP contribution < -0.4 is 0 Å². The third-order valence-corrected chi connectivity index (χ3v) is 3.29. The van der Waals surface area contributed by atoms with E-state index >= 15 is 0 Å². The van der Waals surface area contributed by atoms with Crippen LogP contribution >= 0.6 is 0 Å². The molecule has 1 heterocycles. The molecule has 86 valence electrons. The molecule has 0 N–H and O–H groups in total. The molecule has 0 saturated carbocycles. The molecular formula is C14H19NO. The molecule has 1 atom stereocenters. The Labute approximate surface area is 97.3 Å². The van der Waals surface area contributed by atoms with E-state index < -0.39 is 0 Å². The van der Waals surface area contributed by atoms with Crippen molar-refractivity contribution in [2.75, 3.05) is 13.1 Å². The molecular weight excluding hydrogens is 198 g/mol. The van der Waals surface area contributed by atoms with Gasteiger partial charge in [-0.2, -0.15) is 0 Å². The van der Waals surface area contributed by atoms with Crippen LogP contribution in [0, 0.1) is 0 Å². The molecule has 1 saturated heterocycles.